The van der Waals surface area contributed by atoms with Crippen LogP contribution >= 0.6 is 0 Å². The summed E-state index contributed by atoms with van der Waals surface area (Å²) in [5, 5.41) is 1.53. The van der Waals surface area contributed by atoms with Gasteiger partial charge < -0.3 is 4.74 Å². The van der Waals surface area contributed by atoms with Gasteiger partial charge in [0.15, 0.2) is 0 Å². The molecule has 0 aromatic rings. The Morgan fingerprint density at radius 1 is 1.24 bits per heavy atom. The molecule has 0 unspecified atom stereocenters. The molecule has 0 spiro atoms. The van der Waals surface area contributed by atoms with Crippen LogP contribution in [0.4, 0.5) is 0 Å². The lowest BCUT2D eigenvalue weighted by Crippen LogP contribution is -2.36. The Balaban J connectivity index is 3.25. The van der Waals surface area contributed by atoms with E-state index in [1.54, 1.807) is 0 Å². The fourth-order valence-corrected chi connectivity index (χ4v) is 5.65. The molecule has 0 saturated heterocycles. The number of ether oxygens (including phenoxy) is 1. The van der Waals surface area contributed by atoms with Crippen molar-refractivity contribution in [2.45, 2.75) is 66.6 Å². The van der Waals surface area contributed by atoms with Crippen LogP contribution in [0.25, 0.3) is 0 Å². The summed E-state index contributed by atoms with van der Waals surface area (Å²) in [5.41, 5.74) is 1.33. The van der Waals surface area contributed by atoms with Gasteiger partial charge in [0, 0.05) is 18.8 Å². The Labute approximate surface area is 131 Å². The molecule has 0 aromatic heterocycles. The predicted molar refractivity (Wildman–Crippen MR) is 92.7 cm³/mol. The molecule has 0 aromatic carbocycles. The van der Waals surface area contributed by atoms with Gasteiger partial charge in [-0.1, -0.05) is 49.5 Å². The molecule has 0 bridgehead atoms. The number of carbonyl (C=O) groups is 1. The highest BCUT2D eigenvalue weighted by Crippen LogP contribution is 2.44. The summed E-state index contributed by atoms with van der Waals surface area (Å²) >= 11 is 0. The first-order valence-electron chi connectivity index (χ1n) is 7.81. The van der Waals surface area contributed by atoms with Crippen LogP contribution in [0.2, 0.25) is 19.6 Å². The molecule has 0 N–H and O–H groups in total. The van der Waals surface area contributed by atoms with Gasteiger partial charge in [0.2, 0.25) is 0 Å². The molecular weight excluding hydrogens is 276 g/mol. The largest absolute Gasteiger partial charge is 0.432 e. The molecule has 0 aliphatic heterocycles. The van der Waals surface area contributed by atoms with Gasteiger partial charge in [0.05, 0.1) is 8.07 Å². The molecule has 1 aliphatic rings. The minimum atomic E-state index is -1.45. The Morgan fingerprint density at radius 2 is 1.86 bits per heavy atom. The third-order valence-corrected chi connectivity index (χ3v) is 6.23. The lowest BCUT2D eigenvalue weighted by atomic mass is 9.79. The summed E-state index contributed by atoms with van der Waals surface area (Å²) in [6.07, 6.45) is 9.80. The first-order valence-corrected chi connectivity index (χ1v) is 11.3. The molecule has 1 atom stereocenters. The van der Waals surface area contributed by atoms with Gasteiger partial charge in [0.25, 0.3) is 0 Å². The summed E-state index contributed by atoms with van der Waals surface area (Å²) in [6, 6.07) is 0. The van der Waals surface area contributed by atoms with Crippen LogP contribution in [0, 0.1) is 5.41 Å². The van der Waals surface area contributed by atoms with Crippen LogP contribution in [0.1, 0.15) is 47.0 Å². The quantitative estimate of drug-likeness (QED) is 0.395. The number of hydrogen-bond donors (Lipinski definition) is 0. The maximum Gasteiger partial charge on any atom is 0.307 e. The second-order valence-electron chi connectivity index (χ2n) is 7.55. The summed E-state index contributed by atoms with van der Waals surface area (Å²) in [7, 11) is -1.45. The average molecular weight is 307 g/mol. The van der Waals surface area contributed by atoms with Crippen molar-refractivity contribution in [1.82, 2.24) is 0 Å². The normalized spacial score (nSPS) is 23.4. The summed E-state index contributed by atoms with van der Waals surface area (Å²) in [6.45, 7) is 15.2. The summed E-state index contributed by atoms with van der Waals surface area (Å²) in [5.74, 6) is 0.630. The van der Waals surface area contributed by atoms with Gasteiger partial charge in [0.1, 0.15) is 5.76 Å². The molecule has 21 heavy (non-hydrogen) atoms. The van der Waals surface area contributed by atoms with Crippen LogP contribution in [0.3, 0.4) is 0 Å². The topological polar surface area (TPSA) is 26.3 Å². The maximum atomic E-state index is 11.2. The zero-order valence-corrected chi connectivity index (χ0v) is 15.7. The molecule has 1 aliphatic carbocycles. The molecule has 0 saturated carbocycles. The van der Waals surface area contributed by atoms with Gasteiger partial charge in [-0.3, -0.25) is 4.79 Å². The van der Waals surface area contributed by atoms with E-state index in [2.05, 4.69) is 58.6 Å². The summed E-state index contributed by atoms with van der Waals surface area (Å²) in [4.78, 5) is 11.2. The van der Waals surface area contributed by atoms with E-state index in [-0.39, 0.29) is 11.4 Å². The molecule has 0 amide bonds. The zero-order chi connectivity index (χ0) is 16.3. The van der Waals surface area contributed by atoms with Crippen molar-refractivity contribution in [1.29, 1.82) is 0 Å². The maximum absolute atomic E-state index is 11.2. The van der Waals surface area contributed by atoms with E-state index in [4.69, 9.17) is 4.74 Å². The van der Waals surface area contributed by atoms with Crippen LogP contribution in [0.5, 0.6) is 0 Å². The van der Waals surface area contributed by atoms with Crippen molar-refractivity contribution in [3.63, 3.8) is 0 Å². The second kappa shape index (κ2) is 6.78. The van der Waals surface area contributed by atoms with Crippen LogP contribution in [-0.2, 0) is 9.53 Å². The minimum absolute atomic E-state index is 0.0133. The molecule has 0 radical (unpaired) electrons. The van der Waals surface area contributed by atoms with Gasteiger partial charge in [-0.05, 0) is 32.8 Å². The first kappa shape index (κ1) is 18.0. The van der Waals surface area contributed by atoms with E-state index in [9.17, 15) is 4.79 Å². The lowest BCUT2D eigenvalue weighted by Gasteiger charge is -2.39. The predicted octanol–water partition coefficient (Wildman–Crippen LogP) is 5.39. The van der Waals surface area contributed by atoms with E-state index in [0.29, 0.717) is 0 Å². The molecule has 2 nitrogen and oxygen atoms in total. The van der Waals surface area contributed by atoms with Gasteiger partial charge in [-0.15, -0.1) is 0 Å². The Kier molecular flexibility index (Phi) is 5.80. The van der Waals surface area contributed by atoms with E-state index in [1.807, 2.05) is 0 Å². The number of carbonyl (C=O) groups excluding carboxylic acids is 1. The monoisotopic (exact) mass is 306 g/mol. The summed E-state index contributed by atoms with van der Waals surface area (Å²) < 4.78 is 5.37. The molecule has 118 valence electrons. The molecule has 1 rings (SSSR count). The van der Waals surface area contributed by atoms with Crippen LogP contribution in [0.15, 0.2) is 34.8 Å². The third kappa shape index (κ3) is 5.31. The van der Waals surface area contributed by atoms with E-state index in [0.717, 1.165) is 25.0 Å². The van der Waals surface area contributed by atoms with Crippen molar-refractivity contribution < 1.29 is 9.53 Å². The lowest BCUT2D eigenvalue weighted by molar-refractivity contribution is -0.137. The minimum Gasteiger partial charge on any atom is -0.432 e. The number of rotatable bonds is 4. The van der Waals surface area contributed by atoms with Crippen molar-refractivity contribution in [2.75, 3.05) is 0 Å². The Hall–Kier alpha value is -1.09. The van der Waals surface area contributed by atoms with Crippen molar-refractivity contribution in [3.8, 4) is 0 Å². The number of hydrogen-bond acceptors (Lipinski definition) is 2. The van der Waals surface area contributed by atoms with Gasteiger partial charge in [-0.25, -0.2) is 0 Å². The highest BCUT2D eigenvalue weighted by atomic mass is 28.3. The molecular formula is C18H30O2Si. The highest BCUT2D eigenvalue weighted by Gasteiger charge is 2.37. The molecule has 0 fully saturated rings. The van der Waals surface area contributed by atoms with Crippen molar-refractivity contribution >= 4 is 14.0 Å². The van der Waals surface area contributed by atoms with E-state index in [1.165, 1.54) is 17.7 Å². The first-order chi connectivity index (χ1) is 9.54. The molecule has 0 heterocycles. The Bertz CT molecular complexity index is 488. The van der Waals surface area contributed by atoms with Crippen molar-refractivity contribution in [2.24, 2.45) is 5.41 Å². The smallest absolute Gasteiger partial charge is 0.307 e. The average Bonchev–Trinajstić information content (AvgIpc) is 2.25. The number of allylic oxidation sites excluding steroid dienone is 6. The van der Waals surface area contributed by atoms with E-state index >= 15 is 0 Å². The number of esters is 1. The van der Waals surface area contributed by atoms with Crippen LogP contribution in [-0.4, -0.2) is 14.0 Å². The third-order valence-electron chi connectivity index (χ3n) is 3.88. The van der Waals surface area contributed by atoms with Crippen molar-refractivity contribution in [3.05, 3.63) is 34.8 Å². The van der Waals surface area contributed by atoms with Gasteiger partial charge >= 0.3 is 5.97 Å². The zero-order valence-electron chi connectivity index (χ0n) is 14.7. The Morgan fingerprint density at radius 3 is 2.33 bits per heavy atom. The highest BCUT2D eigenvalue weighted by molar-refractivity contribution is 6.83. The fourth-order valence-electron chi connectivity index (χ4n) is 3.15. The standard InChI is InChI=1S/C18H30O2Si/c1-14(2)10-11-17(21(5,6)7)18(4)12-8-9-16(13-18)20-15(3)19/h10-11,13H,8-9,12H2,1-7H3/b17-11-/t18-/m1/s1. The van der Waals surface area contributed by atoms with E-state index < -0.39 is 8.07 Å². The van der Waals surface area contributed by atoms with Gasteiger partial charge in [-0.2, -0.15) is 0 Å². The van der Waals surface area contributed by atoms with Crippen LogP contribution < -0.4 is 0 Å². The SMILES string of the molecule is CC(=O)OC1=C[C@](C)(/C(=C/C=C(C)C)[Si](C)(C)C)CCC1. The fraction of sp³-hybridized carbons (Fsp3) is 0.611. The second-order valence-corrected chi connectivity index (χ2v) is 12.6. The molecule has 3 heteroatoms.